The zero-order valence-corrected chi connectivity index (χ0v) is 33.6. The number of fused-ring (bicyclic) bond motifs is 3. The van der Waals surface area contributed by atoms with Crippen LogP contribution in [0.4, 0.5) is 5.69 Å². The monoisotopic (exact) mass is 800 g/mol. The summed E-state index contributed by atoms with van der Waals surface area (Å²) in [7, 11) is 0. The lowest BCUT2D eigenvalue weighted by atomic mass is 9.92. The van der Waals surface area contributed by atoms with Crippen LogP contribution in [0.3, 0.4) is 0 Å². The third-order valence-corrected chi connectivity index (χ3v) is 12.5. The van der Waals surface area contributed by atoms with Gasteiger partial charge in [0, 0.05) is 61.4 Å². The smallest absolute Gasteiger partial charge is 0.260 e. The van der Waals surface area contributed by atoms with E-state index in [1.165, 1.54) is 5.56 Å². The highest BCUT2D eigenvalue weighted by Crippen LogP contribution is 2.43. The standard InChI is InChI=1S/C50H48N4O6/c55-40-19-17-38(18-20-40)53(31-37-14-6-7-15-41(37)34-10-2-1-3-11-34)50(57)44-27-46(52-21-9-8-16-45(44)52)42-28-47-48(60-33-59-47)29-43(42)49(56)54-30-36-13-5-4-12-35(36)26-39(54)32-51-22-24-58-25-23-51/h1-7,10-15,17-20,27-29,39,55H,8-9,16,21-26,30-33H2. The number of hydrogen-bond acceptors (Lipinski definition) is 7. The van der Waals surface area contributed by atoms with Gasteiger partial charge in [0.15, 0.2) is 11.5 Å². The van der Waals surface area contributed by atoms with Crippen LogP contribution in [0.1, 0.15) is 55.9 Å². The minimum atomic E-state index is -0.146. The van der Waals surface area contributed by atoms with Crippen LogP contribution < -0.4 is 14.4 Å². The van der Waals surface area contributed by atoms with E-state index in [-0.39, 0.29) is 30.4 Å². The molecule has 304 valence electrons. The van der Waals surface area contributed by atoms with Crippen molar-refractivity contribution in [2.24, 2.45) is 0 Å². The first kappa shape index (κ1) is 37.9. The van der Waals surface area contributed by atoms with Crippen LogP contribution in [0, 0.1) is 0 Å². The van der Waals surface area contributed by atoms with E-state index in [0.29, 0.717) is 61.2 Å². The topological polar surface area (TPSA) is 96.7 Å². The molecule has 1 saturated heterocycles. The molecule has 5 aromatic carbocycles. The van der Waals surface area contributed by atoms with E-state index >= 15 is 9.59 Å². The van der Waals surface area contributed by atoms with Crippen molar-refractivity contribution in [3.63, 3.8) is 0 Å². The summed E-state index contributed by atoms with van der Waals surface area (Å²) in [6, 6.07) is 39.4. The van der Waals surface area contributed by atoms with E-state index < -0.39 is 0 Å². The Labute approximate surface area is 350 Å². The van der Waals surface area contributed by atoms with E-state index in [2.05, 4.69) is 51.9 Å². The van der Waals surface area contributed by atoms with E-state index in [4.69, 9.17) is 14.2 Å². The number of rotatable bonds is 9. The molecule has 10 rings (SSSR count). The van der Waals surface area contributed by atoms with Crippen LogP contribution in [0.2, 0.25) is 0 Å². The summed E-state index contributed by atoms with van der Waals surface area (Å²) in [6.07, 6.45) is 3.39. The molecule has 60 heavy (non-hydrogen) atoms. The average Bonchev–Trinajstić information content (AvgIpc) is 3.93. The van der Waals surface area contributed by atoms with Crippen LogP contribution in [0.5, 0.6) is 17.2 Å². The summed E-state index contributed by atoms with van der Waals surface area (Å²) in [5, 5.41) is 10.3. The van der Waals surface area contributed by atoms with Gasteiger partial charge in [-0.3, -0.25) is 14.5 Å². The molecule has 0 saturated carbocycles. The molecule has 0 radical (unpaired) electrons. The number of phenols is 1. The third kappa shape index (κ3) is 7.31. The Morgan fingerprint density at radius 2 is 1.47 bits per heavy atom. The number of aromatic hydroxyl groups is 1. The molecule has 10 heteroatoms. The number of phenolic OH excluding ortho intramolecular Hbond substituents is 1. The Morgan fingerprint density at radius 3 is 2.28 bits per heavy atom. The van der Waals surface area contributed by atoms with Gasteiger partial charge < -0.3 is 33.7 Å². The number of aromatic nitrogens is 1. The minimum absolute atomic E-state index is 0.0419. The molecule has 6 aromatic rings. The molecule has 1 aromatic heterocycles. The van der Waals surface area contributed by atoms with E-state index in [9.17, 15) is 5.11 Å². The molecule has 0 aliphatic carbocycles. The van der Waals surface area contributed by atoms with Gasteiger partial charge in [-0.25, -0.2) is 0 Å². The van der Waals surface area contributed by atoms with Crippen molar-refractivity contribution in [1.82, 2.24) is 14.4 Å². The fourth-order valence-electron chi connectivity index (χ4n) is 9.43. The van der Waals surface area contributed by atoms with Gasteiger partial charge in [0.25, 0.3) is 11.8 Å². The first-order valence-electron chi connectivity index (χ1n) is 21.1. The molecule has 0 spiro atoms. The van der Waals surface area contributed by atoms with Gasteiger partial charge in [-0.2, -0.15) is 0 Å². The molecule has 1 fully saturated rings. The highest BCUT2D eigenvalue weighted by atomic mass is 16.7. The van der Waals surface area contributed by atoms with Gasteiger partial charge in [0.05, 0.1) is 30.9 Å². The molecule has 1 unspecified atom stereocenters. The molecule has 4 aliphatic heterocycles. The Hall–Kier alpha value is -6.36. The summed E-state index contributed by atoms with van der Waals surface area (Å²) >= 11 is 0. The van der Waals surface area contributed by atoms with Gasteiger partial charge in [-0.15, -0.1) is 0 Å². The predicted molar refractivity (Wildman–Crippen MR) is 230 cm³/mol. The number of ether oxygens (including phenoxy) is 3. The van der Waals surface area contributed by atoms with Gasteiger partial charge in [0.1, 0.15) is 5.75 Å². The average molecular weight is 801 g/mol. The maximum Gasteiger partial charge on any atom is 0.260 e. The maximum atomic E-state index is 15.3. The molecule has 10 nitrogen and oxygen atoms in total. The normalized spacial score (nSPS) is 17.2. The molecular formula is C50H48N4O6. The van der Waals surface area contributed by atoms with Crippen molar-refractivity contribution in [3.05, 3.63) is 155 Å². The molecular weight excluding hydrogens is 753 g/mol. The van der Waals surface area contributed by atoms with Gasteiger partial charge in [-0.05, 0) is 96.0 Å². The summed E-state index contributed by atoms with van der Waals surface area (Å²) in [5.41, 5.74) is 9.84. The lowest BCUT2D eigenvalue weighted by Gasteiger charge is -2.40. The summed E-state index contributed by atoms with van der Waals surface area (Å²) in [6.45, 7) is 5.40. The van der Waals surface area contributed by atoms with E-state index in [0.717, 1.165) is 84.5 Å². The number of benzene rings is 5. The summed E-state index contributed by atoms with van der Waals surface area (Å²) in [5.74, 6) is 1.04. The van der Waals surface area contributed by atoms with E-state index in [1.807, 2.05) is 64.4 Å². The number of nitrogens with zero attached hydrogens (tertiary/aromatic N) is 4. The lowest BCUT2D eigenvalue weighted by Crippen LogP contribution is -2.52. The van der Waals surface area contributed by atoms with Crippen LogP contribution in [0.25, 0.3) is 22.4 Å². The maximum absolute atomic E-state index is 15.3. The van der Waals surface area contributed by atoms with Gasteiger partial charge in [-0.1, -0.05) is 78.9 Å². The second-order valence-corrected chi connectivity index (χ2v) is 16.2. The first-order valence-corrected chi connectivity index (χ1v) is 21.1. The Morgan fingerprint density at radius 1 is 0.733 bits per heavy atom. The molecule has 5 heterocycles. The van der Waals surface area contributed by atoms with Gasteiger partial charge in [0.2, 0.25) is 6.79 Å². The van der Waals surface area contributed by atoms with Crippen molar-refractivity contribution in [3.8, 4) is 39.6 Å². The molecule has 2 amide bonds. The van der Waals surface area contributed by atoms with Crippen molar-refractivity contribution < 1.29 is 28.9 Å². The molecule has 4 aliphatic rings. The van der Waals surface area contributed by atoms with Crippen LogP contribution >= 0.6 is 0 Å². The van der Waals surface area contributed by atoms with Crippen molar-refractivity contribution in [1.29, 1.82) is 0 Å². The lowest BCUT2D eigenvalue weighted by molar-refractivity contribution is 0.0193. The zero-order chi connectivity index (χ0) is 40.6. The second-order valence-electron chi connectivity index (χ2n) is 16.2. The third-order valence-electron chi connectivity index (χ3n) is 12.5. The fraction of sp³-hybridized carbons (Fsp3) is 0.280. The number of morpholine rings is 1. The number of hydrogen-bond donors (Lipinski definition) is 1. The Balaban J connectivity index is 1.07. The SMILES string of the molecule is O=C(c1cc(-c2cc3c(cc2C(=O)N2Cc4ccccc4CC2CN2CCOCC2)OCO3)n2c1CCCC2)N(Cc1ccccc1-c1ccccc1)c1ccc(O)cc1. The first-order chi connectivity index (χ1) is 29.5. The quantitative estimate of drug-likeness (QED) is 0.157. The van der Waals surface area contributed by atoms with Crippen molar-refractivity contribution in [2.45, 2.75) is 51.4 Å². The van der Waals surface area contributed by atoms with Crippen molar-refractivity contribution in [2.75, 3.05) is 44.5 Å². The van der Waals surface area contributed by atoms with Crippen LogP contribution in [0.15, 0.2) is 121 Å². The molecule has 0 bridgehead atoms. The summed E-state index contributed by atoms with van der Waals surface area (Å²) in [4.78, 5) is 36.9. The number of carbonyl (C=O) groups excluding carboxylic acids is 2. The number of anilines is 1. The minimum Gasteiger partial charge on any atom is -0.508 e. The summed E-state index contributed by atoms with van der Waals surface area (Å²) < 4.78 is 19.8. The molecule has 1 atom stereocenters. The van der Waals surface area contributed by atoms with Crippen molar-refractivity contribution >= 4 is 17.5 Å². The largest absolute Gasteiger partial charge is 0.508 e. The number of carbonyl (C=O) groups is 2. The highest BCUT2D eigenvalue weighted by Gasteiger charge is 2.36. The predicted octanol–water partition coefficient (Wildman–Crippen LogP) is 8.34. The van der Waals surface area contributed by atoms with Gasteiger partial charge >= 0.3 is 0 Å². The fourth-order valence-corrected chi connectivity index (χ4v) is 9.43. The van der Waals surface area contributed by atoms with Crippen LogP contribution in [-0.2, 0) is 37.2 Å². The highest BCUT2D eigenvalue weighted by molar-refractivity contribution is 6.09. The number of amides is 2. The Kier molecular flexibility index (Phi) is 10.3. The Bertz CT molecular complexity index is 2540. The second kappa shape index (κ2) is 16.4. The molecule has 1 N–H and O–H groups in total. The van der Waals surface area contributed by atoms with E-state index in [1.54, 1.807) is 24.3 Å². The zero-order valence-electron chi connectivity index (χ0n) is 33.6. The van der Waals surface area contributed by atoms with Crippen LogP contribution in [-0.4, -0.2) is 77.0 Å².